The Morgan fingerprint density at radius 3 is 2.68 bits per heavy atom. The standard InChI is InChI=1S/C22H26N2O3S/c1-14-11-17-16(3)21(27-19(17)12-15(14)2)22(25)23-13-18(20-5-4-10-28-20)24-6-8-26-9-7-24/h4-5,10-12,18H,6-9,13H2,1-3H3,(H,23,25). The summed E-state index contributed by atoms with van der Waals surface area (Å²) in [6, 6.07) is 8.46. The fourth-order valence-electron chi connectivity index (χ4n) is 3.74. The van der Waals surface area contributed by atoms with Crippen LogP contribution in [-0.2, 0) is 4.74 Å². The summed E-state index contributed by atoms with van der Waals surface area (Å²) in [5, 5.41) is 6.20. The van der Waals surface area contributed by atoms with Crippen LogP contribution in [0.5, 0.6) is 0 Å². The van der Waals surface area contributed by atoms with Crippen LogP contribution in [0.25, 0.3) is 11.0 Å². The Morgan fingerprint density at radius 1 is 1.21 bits per heavy atom. The number of rotatable bonds is 5. The Hall–Kier alpha value is -2.15. The van der Waals surface area contributed by atoms with Crippen molar-refractivity contribution in [2.24, 2.45) is 0 Å². The molecule has 6 heteroatoms. The quantitative estimate of drug-likeness (QED) is 0.699. The lowest BCUT2D eigenvalue weighted by Crippen LogP contribution is -2.43. The van der Waals surface area contributed by atoms with E-state index in [9.17, 15) is 4.79 Å². The minimum Gasteiger partial charge on any atom is -0.451 e. The van der Waals surface area contributed by atoms with Crippen LogP contribution in [-0.4, -0.2) is 43.7 Å². The third-order valence-electron chi connectivity index (χ3n) is 5.57. The molecule has 1 amide bonds. The molecule has 1 aromatic carbocycles. The fourth-order valence-corrected chi connectivity index (χ4v) is 4.60. The van der Waals surface area contributed by atoms with Gasteiger partial charge < -0.3 is 14.5 Å². The molecular weight excluding hydrogens is 372 g/mol. The van der Waals surface area contributed by atoms with E-state index in [4.69, 9.17) is 9.15 Å². The largest absolute Gasteiger partial charge is 0.451 e. The summed E-state index contributed by atoms with van der Waals surface area (Å²) >= 11 is 1.73. The Kier molecular flexibility index (Phi) is 5.53. The Bertz CT molecular complexity index is 971. The topological polar surface area (TPSA) is 54.7 Å². The van der Waals surface area contributed by atoms with Gasteiger partial charge in [0.25, 0.3) is 5.91 Å². The number of benzene rings is 1. The summed E-state index contributed by atoms with van der Waals surface area (Å²) in [6.07, 6.45) is 0. The first-order valence-electron chi connectivity index (χ1n) is 9.68. The van der Waals surface area contributed by atoms with E-state index in [0.717, 1.165) is 42.8 Å². The molecule has 0 saturated carbocycles. The van der Waals surface area contributed by atoms with Crippen molar-refractivity contribution in [1.29, 1.82) is 0 Å². The number of hydrogen-bond donors (Lipinski definition) is 1. The third-order valence-corrected chi connectivity index (χ3v) is 6.55. The van der Waals surface area contributed by atoms with E-state index in [1.165, 1.54) is 16.0 Å². The first kappa shape index (κ1) is 19.2. The van der Waals surface area contributed by atoms with Crippen LogP contribution >= 0.6 is 11.3 Å². The summed E-state index contributed by atoms with van der Waals surface area (Å²) in [5.41, 5.74) is 4.04. The van der Waals surface area contributed by atoms with Crippen molar-refractivity contribution in [2.75, 3.05) is 32.8 Å². The Labute approximate surface area is 169 Å². The van der Waals surface area contributed by atoms with E-state index in [1.54, 1.807) is 11.3 Å². The second kappa shape index (κ2) is 8.07. The van der Waals surface area contributed by atoms with Crippen LogP contribution in [0, 0.1) is 20.8 Å². The third kappa shape index (κ3) is 3.72. The van der Waals surface area contributed by atoms with E-state index in [2.05, 4.69) is 47.6 Å². The number of carbonyl (C=O) groups is 1. The van der Waals surface area contributed by atoms with Gasteiger partial charge in [0.05, 0.1) is 19.3 Å². The van der Waals surface area contributed by atoms with E-state index < -0.39 is 0 Å². The van der Waals surface area contributed by atoms with Gasteiger partial charge in [-0.2, -0.15) is 0 Å². The maximum absolute atomic E-state index is 12.9. The number of nitrogens with zero attached hydrogens (tertiary/aromatic N) is 1. The number of ether oxygens (including phenoxy) is 1. The number of aryl methyl sites for hydroxylation is 3. The summed E-state index contributed by atoms with van der Waals surface area (Å²) < 4.78 is 11.4. The van der Waals surface area contributed by atoms with Gasteiger partial charge in [0.1, 0.15) is 5.58 Å². The molecule has 4 rings (SSSR count). The average molecular weight is 399 g/mol. The molecule has 3 heterocycles. The molecule has 1 aliphatic heterocycles. The lowest BCUT2D eigenvalue weighted by molar-refractivity contribution is 0.0168. The monoisotopic (exact) mass is 398 g/mol. The lowest BCUT2D eigenvalue weighted by atomic mass is 10.0. The highest BCUT2D eigenvalue weighted by molar-refractivity contribution is 7.10. The number of furan rings is 1. The van der Waals surface area contributed by atoms with Gasteiger partial charge >= 0.3 is 0 Å². The zero-order chi connectivity index (χ0) is 19.7. The summed E-state index contributed by atoms with van der Waals surface area (Å²) in [6.45, 7) is 9.85. The minimum atomic E-state index is -0.154. The van der Waals surface area contributed by atoms with E-state index in [-0.39, 0.29) is 11.9 Å². The highest BCUT2D eigenvalue weighted by Crippen LogP contribution is 2.29. The van der Waals surface area contributed by atoms with Crippen molar-refractivity contribution in [1.82, 2.24) is 10.2 Å². The van der Waals surface area contributed by atoms with Crippen molar-refractivity contribution < 1.29 is 13.9 Å². The second-order valence-electron chi connectivity index (χ2n) is 7.38. The molecule has 1 N–H and O–H groups in total. The zero-order valence-corrected chi connectivity index (χ0v) is 17.4. The molecule has 2 aromatic heterocycles. The van der Waals surface area contributed by atoms with Crippen molar-refractivity contribution in [3.8, 4) is 0 Å². The number of amides is 1. The molecule has 0 aliphatic carbocycles. The van der Waals surface area contributed by atoms with E-state index in [1.807, 2.05) is 13.0 Å². The molecule has 1 fully saturated rings. The van der Waals surface area contributed by atoms with Gasteiger partial charge in [-0.3, -0.25) is 9.69 Å². The fraction of sp³-hybridized carbons (Fsp3) is 0.409. The number of fused-ring (bicyclic) bond motifs is 1. The van der Waals surface area contributed by atoms with E-state index >= 15 is 0 Å². The predicted molar refractivity (Wildman–Crippen MR) is 112 cm³/mol. The van der Waals surface area contributed by atoms with Crippen LogP contribution in [0.15, 0.2) is 34.1 Å². The number of carbonyl (C=O) groups excluding carboxylic acids is 1. The maximum atomic E-state index is 12.9. The highest BCUT2D eigenvalue weighted by Gasteiger charge is 2.25. The smallest absolute Gasteiger partial charge is 0.287 e. The predicted octanol–water partition coefficient (Wildman–Crippen LogP) is 4.22. The molecular formula is C22H26N2O3S. The number of thiophene rings is 1. The van der Waals surface area contributed by atoms with Gasteiger partial charge in [-0.1, -0.05) is 6.07 Å². The van der Waals surface area contributed by atoms with Crippen molar-refractivity contribution in [3.05, 3.63) is 57.0 Å². The van der Waals surface area contributed by atoms with Gasteiger partial charge in [-0.05, 0) is 55.5 Å². The molecule has 1 unspecified atom stereocenters. The Balaban J connectivity index is 1.53. The molecule has 0 spiro atoms. The number of nitrogens with one attached hydrogen (secondary N) is 1. The summed E-state index contributed by atoms with van der Waals surface area (Å²) in [4.78, 5) is 16.6. The van der Waals surface area contributed by atoms with E-state index in [0.29, 0.717) is 12.3 Å². The van der Waals surface area contributed by atoms with Crippen molar-refractivity contribution in [2.45, 2.75) is 26.8 Å². The van der Waals surface area contributed by atoms with Gasteiger partial charge in [0, 0.05) is 35.5 Å². The highest BCUT2D eigenvalue weighted by atomic mass is 32.1. The normalized spacial score (nSPS) is 16.4. The first-order chi connectivity index (χ1) is 13.5. The van der Waals surface area contributed by atoms with Crippen LogP contribution in [0.1, 0.15) is 38.2 Å². The molecule has 1 aliphatic rings. The Morgan fingerprint density at radius 2 is 1.96 bits per heavy atom. The van der Waals surface area contributed by atoms with Gasteiger partial charge in [-0.25, -0.2) is 0 Å². The maximum Gasteiger partial charge on any atom is 0.287 e. The number of morpholine rings is 1. The SMILES string of the molecule is Cc1cc2oc(C(=O)NCC(c3cccs3)N3CCOCC3)c(C)c2cc1C. The van der Waals surface area contributed by atoms with Crippen LogP contribution in [0.3, 0.4) is 0 Å². The second-order valence-corrected chi connectivity index (χ2v) is 8.36. The molecule has 28 heavy (non-hydrogen) atoms. The zero-order valence-electron chi connectivity index (χ0n) is 16.6. The average Bonchev–Trinajstić information content (AvgIpc) is 3.33. The van der Waals surface area contributed by atoms with Gasteiger partial charge in [0.15, 0.2) is 5.76 Å². The molecule has 0 radical (unpaired) electrons. The van der Waals surface area contributed by atoms with Crippen LogP contribution in [0.2, 0.25) is 0 Å². The molecule has 3 aromatic rings. The van der Waals surface area contributed by atoms with Crippen molar-refractivity contribution in [3.63, 3.8) is 0 Å². The van der Waals surface area contributed by atoms with Crippen molar-refractivity contribution >= 4 is 28.2 Å². The first-order valence-corrected chi connectivity index (χ1v) is 10.6. The molecule has 1 atom stereocenters. The van der Waals surface area contributed by atoms with Crippen LogP contribution < -0.4 is 5.32 Å². The summed E-state index contributed by atoms with van der Waals surface area (Å²) in [7, 11) is 0. The van der Waals surface area contributed by atoms with Gasteiger partial charge in [0.2, 0.25) is 0 Å². The molecule has 5 nitrogen and oxygen atoms in total. The molecule has 148 valence electrons. The molecule has 0 bridgehead atoms. The van der Waals surface area contributed by atoms with Crippen LogP contribution in [0.4, 0.5) is 0 Å². The number of hydrogen-bond acceptors (Lipinski definition) is 5. The minimum absolute atomic E-state index is 0.154. The lowest BCUT2D eigenvalue weighted by Gasteiger charge is -2.34. The summed E-state index contributed by atoms with van der Waals surface area (Å²) in [5.74, 6) is 0.255. The molecule has 1 saturated heterocycles. The van der Waals surface area contributed by atoms with Gasteiger partial charge in [-0.15, -0.1) is 11.3 Å².